The van der Waals surface area contributed by atoms with Gasteiger partial charge in [-0.1, -0.05) is 12.7 Å². The van der Waals surface area contributed by atoms with E-state index in [4.69, 9.17) is 7.85 Å². The Kier molecular flexibility index (Phi) is 6.32. The normalized spacial score (nSPS) is 15.9. The number of unbranched alkanes of at least 4 members (excludes halogenated alkanes) is 2. The fourth-order valence-electron chi connectivity index (χ4n) is 1.79. The molecule has 0 spiro atoms. The molecule has 6 heteroatoms. The van der Waals surface area contributed by atoms with Crippen LogP contribution in [0, 0.1) is 0 Å². The molecule has 0 aliphatic carbocycles. The molecule has 0 aromatic heterocycles. The highest BCUT2D eigenvalue weighted by Crippen LogP contribution is 2.07. The molecule has 0 fully saturated rings. The molecular weight excluding hydrogens is 243 g/mol. The highest BCUT2D eigenvalue weighted by atomic mass is 16.2. The number of carbonyl (C=O) groups is 3. The topological polar surface area (TPSA) is 66.5 Å². The Labute approximate surface area is 114 Å². The van der Waals surface area contributed by atoms with Crippen LogP contribution in [0.15, 0.2) is 12.2 Å². The molecule has 5 nitrogen and oxygen atoms in total. The number of hydrogen-bond donors (Lipinski definition) is 1. The van der Waals surface area contributed by atoms with Crippen molar-refractivity contribution >= 4 is 25.6 Å². The Balaban J connectivity index is 2.07. The number of carbonyl (C=O) groups excluding carboxylic acids is 3. The Bertz CT molecular complexity index is 364. The van der Waals surface area contributed by atoms with Crippen LogP contribution < -0.4 is 5.32 Å². The first-order chi connectivity index (χ1) is 9.04. The van der Waals surface area contributed by atoms with Gasteiger partial charge >= 0.3 is 0 Å². The van der Waals surface area contributed by atoms with Crippen molar-refractivity contribution in [3.63, 3.8) is 0 Å². The molecule has 0 aromatic rings. The van der Waals surface area contributed by atoms with Crippen molar-refractivity contribution in [3.05, 3.63) is 12.2 Å². The summed E-state index contributed by atoms with van der Waals surface area (Å²) in [5.41, 5.74) is 0. The average molecular weight is 262 g/mol. The zero-order valence-electron chi connectivity index (χ0n) is 11.2. The van der Waals surface area contributed by atoms with Crippen LogP contribution in [0.3, 0.4) is 0 Å². The van der Waals surface area contributed by atoms with Crippen LogP contribution in [0.25, 0.3) is 0 Å². The Morgan fingerprint density at radius 2 is 1.89 bits per heavy atom. The number of amides is 3. The number of nitrogens with one attached hydrogen (secondary N) is 1. The predicted octanol–water partition coefficient (Wildman–Crippen LogP) is 0.563. The number of nitrogens with zero attached hydrogens (tertiary/aromatic N) is 1. The Hall–Kier alpha value is -1.59. The Morgan fingerprint density at radius 1 is 1.26 bits per heavy atom. The maximum atomic E-state index is 11.4. The van der Waals surface area contributed by atoms with Crippen LogP contribution in [-0.2, 0) is 14.4 Å². The fourth-order valence-corrected chi connectivity index (χ4v) is 1.79. The zero-order valence-corrected chi connectivity index (χ0v) is 11.2. The van der Waals surface area contributed by atoms with Gasteiger partial charge in [0.05, 0.1) is 7.85 Å². The largest absolute Gasteiger partial charge is 0.354 e. The van der Waals surface area contributed by atoms with Gasteiger partial charge in [0.15, 0.2) is 0 Å². The second kappa shape index (κ2) is 7.76. The molecule has 1 heterocycles. The molecule has 1 aliphatic rings. The molecule has 19 heavy (non-hydrogen) atoms. The van der Waals surface area contributed by atoms with Crippen molar-refractivity contribution in [1.82, 2.24) is 10.2 Å². The predicted molar refractivity (Wildman–Crippen MR) is 72.5 cm³/mol. The summed E-state index contributed by atoms with van der Waals surface area (Å²) >= 11 is 0. The van der Waals surface area contributed by atoms with Gasteiger partial charge in [0.25, 0.3) is 11.8 Å². The lowest BCUT2D eigenvalue weighted by molar-refractivity contribution is -0.137. The standard InChI is InChI=1S/C13H19BN2O3/c1-10(9-14)15-11(17)5-3-2-4-8-16-12(18)6-7-13(16)19/h6-7,10H,2-5,8-9H2,1H3,(H,15,17)/t10-/m0/s1. The van der Waals surface area contributed by atoms with E-state index in [2.05, 4.69) is 5.32 Å². The van der Waals surface area contributed by atoms with Gasteiger partial charge in [-0.05, 0) is 19.8 Å². The zero-order chi connectivity index (χ0) is 14.3. The summed E-state index contributed by atoms with van der Waals surface area (Å²) in [6.45, 7) is 2.28. The molecule has 0 unspecified atom stereocenters. The number of imide groups is 1. The lowest BCUT2D eigenvalue weighted by Crippen LogP contribution is -2.32. The van der Waals surface area contributed by atoms with E-state index in [0.717, 1.165) is 19.3 Å². The summed E-state index contributed by atoms with van der Waals surface area (Å²) < 4.78 is 0. The summed E-state index contributed by atoms with van der Waals surface area (Å²) in [7, 11) is 5.40. The van der Waals surface area contributed by atoms with Gasteiger partial charge in [-0.15, -0.1) is 0 Å². The summed E-state index contributed by atoms with van der Waals surface area (Å²) in [6.07, 6.45) is 5.71. The van der Waals surface area contributed by atoms with Crippen molar-refractivity contribution in [2.45, 2.75) is 45.0 Å². The first-order valence-corrected chi connectivity index (χ1v) is 6.57. The molecular formula is C13H19BN2O3. The number of rotatable bonds is 8. The van der Waals surface area contributed by atoms with E-state index in [1.54, 1.807) is 0 Å². The van der Waals surface area contributed by atoms with Gasteiger partial charge in [-0.2, -0.15) is 0 Å². The van der Waals surface area contributed by atoms with Crippen LogP contribution in [0.1, 0.15) is 32.6 Å². The van der Waals surface area contributed by atoms with Crippen LogP contribution in [0.4, 0.5) is 0 Å². The molecule has 1 rings (SSSR count). The van der Waals surface area contributed by atoms with E-state index in [0.29, 0.717) is 19.3 Å². The van der Waals surface area contributed by atoms with E-state index >= 15 is 0 Å². The summed E-state index contributed by atoms with van der Waals surface area (Å²) in [5, 5.41) is 2.78. The molecule has 3 amide bonds. The monoisotopic (exact) mass is 262 g/mol. The molecule has 0 aromatic carbocycles. The summed E-state index contributed by atoms with van der Waals surface area (Å²) in [4.78, 5) is 35.2. The second-order valence-electron chi connectivity index (χ2n) is 4.68. The van der Waals surface area contributed by atoms with Gasteiger partial charge in [0, 0.05) is 31.2 Å². The average Bonchev–Trinajstić information content (AvgIpc) is 2.69. The first-order valence-electron chi connectivity index (χ1n) is 6.57. The molecule has 2 radical (unpaired) electrons. The second-order valence-corrected chi connectivity index (χ2v) is 4.68. The van der Waals surface area contributed by atoms with Crippen molar-refractivity contribution in [2.75, 3.05) is 6.54 Å². The highest BCUT2D eigenvalue weighted by molar-refractivity contribution is 6.12. The summed E-state index contributed by atoms with van der Waals surface area (Å²) in [6, 6.07) is -0.00147. The van der Waals surface area contributed by atoms with Crippen molar-refractivity contribution in [1.29, 1.82) is 0 Å². The van der Waals surface area contributed by atoms with Gasteiger partial charge in [-0.25, -0.2) is 0 Å². The minimum absolute atomic E-state index is 0.00147. The third kappa shape index (κ3) is 5.28. The van der Waals surface area contributed by atoms with Gasteiger partial charge in [-0.3, -0.25) is 19.3 Å². The number of hydrogen-bond acceptors (Lipinski definition) is 3. The van der Waals surface area contributed by atoms with Crippen molar-refractivity contribution in [2.24, 2.45) is 0 Å². The maximum Gasteiger partial charge on any atom is 0.253 e. The molecule has 1 atom stereocenters. The Morgan fingerprint density at radius 3 is 2.47 bits per heavy atom. The van der Waals surface area contributed by atoms with Gasteiger partial charge in [0.1, 0.15) is 0 Å². The highest BCUT2D eigenvalue weighted by Gasteiger charge is 2.22. The van der Waals surface area contributed by atoms with Crippen LogP contribution in [-0.4, -0.2) is 43.1 Å². The van der Waals surface area contributed by atoms with E-state index < -0.39 is 0 Å². The molecule has 0 saturated carbocycles. The minimum Gasteiger partial charge on any atom is -0.354 e. The first kappa shape index (κ1) is 15.5. The third-order valence-corrected chi connectivity index (χ3v) is 2.95. The fraction of sp³-hybridized carbons (Fsp3) is 0.615. The van der Waals surface area contributed by atoms with E-state index in [1.165, 1.54) is 17.1 Å². The molecule has 0 bridgehead atoms. The molecule has 1 aliphatic heterocycles. The lowest BCUT2D eigenvalue weighted by atomic mass is 9.98. The maximum absolute atomic E-state index is 11.4. The third-order valence-electron chi connectivity index (χ3n) is 2.95. The molecule has 1 N–H and O–H groups in total. The van der Waals surface area contributed by atoms with E-state index in [9.17, 15) is 14.4 Å². The van der Waals surface area contributed by atoms with E-state index in [-0.39, 0.29) is 23.8 Å². The van der Waals surface area contributed by atoms with Crippen LogP contribution in [0.2, 0.25) is 6.32 Å². The van der Waals surface area contributed by atoms with Gasteiger partial charge in [0.2, 0.25) is 5.91 Å². The van der Waals surface area contributed by atoms with E-state index in [1.807, 2.05) is 6.92 Å². The summed E-state index contributed by atoms with van der Waals surface area (Å²) in [5.74, 6) is -0.507. The smallest absolute Gasteiger partial charge is 0.253 e. The van der Waals surface area contributed by atoms with Crippen molar-refractivity contribution < 1.29 is 14.4 Å². The molecule has 102 valence electrons. The SMILES string of the molecule is [B]C[C@H](C)NC(=O)CCCCCN1C(=O)C=CC1=O. The van der Waals surface area contributed by atoms with Crippen LogP contribution in [0.5, 0.6) is 0 Å². The lowest BCUT2D eigenvalue weighted by Gasteiger charge is -2.13. The quantitative estimate of drug-likeness (QED) is 0.395. The van der Waals surface area contributed by atoms with Gasteiger partial charge < -0.3 is 5.32 Å². The van der Waals surface area contributed by atoms with Crippen molar-refractivity contribution in [3.8, 4) is 0 Å². The molecule has 0 saturated heterocycles. The minimum atomic E-state index is -0.250. The van der Waals surface area contributed by atoms with Crippen LogP contribution >= 0.6 is 0 Å².